The van der Waals surface area contributed by atoms with Crippen molar-refractivity contribution >= 4 is 5.78 Å². The average Bonchev–Trinajstić information content (AvgIpc) is 2.57. The number of hydrogen-bond acceptors (Lipinski definition) is 1. The molecule has 1 saturated carbocycles. The van der Waals surface area contributed by atoms with Gasteiger partial charge in [-0.2, -0.15) is 0 Å². The van der Waals surface area contributed by atoms with Crippen LogP contribution in [0.1, 0.15) is 50.4 Å². The highest BCUT2D eigenvalue weighted by atomic mass is 16.1. The van der Waals surface area contributed by atoms with Gasteiger partial charge in [0.1, 0.15) is 0 Å². The van der Waals surface area contributed by atoms with Crippen molar-refractivity contribution in [3.05, 3.63) is 35.9 Å². The molecule has 0 aliphatic heterocycles. The molecule has 0 saturated heterocycles. The second kappa shape index (κ2) is 4.64. The lowest BCUT2D eigenvalue weighted by atomic mass is 9.74. The smallest absolute Gasteiger partial charge is 0.163 e. The molecule has 0 unspecified atom stereocenters. The number of benzene rings is 1. The van der Waals surface area contributed by atoms with Crippen LogP contribution < -0.4 is 0 Å². The summed E-state index contributed by atoms with van der Waals surface area (Å²) in [7, 11) is 0. The van der Waals surface area contributed by atoms with Crippen LogP contribution in [-0.4, -0.2) is 5.78 Å². The number of hydrogen-bond donors (Lipinski definition) is 0. The molecule has 0 aromatic heterocycles. The minimum absolute atomic E-state index is 0.303. The Morgan fingerprint density at radius 2 is 1.88 bits per heavy atom. The summed E-state index contributed by atoms with van der Waals surface area (Å²) >= 11 is 0. The fourth-order valence-corrected chi connectivity index (χ4v) is 2.93. The van der Waals surface area contributed by atoms with E-state index in [1.54, 1.807) is 0 Å². The largest absolute Gasteiger partial charge is 0.294 e. The zero-order valence-corrected chi connectivity index (χ0v) is 11.1. The Hall–Kier alpha value is -1.11. The molecule has 1 aromatic carbocycles. The Bertz CT molecular complexity index is 391. The summed E-state index contributed by atoms with van der Waals surface area (Å²) in [5, 5.41) is 0. The first kappa shape index (κ1) is 12.3. The van der Waals surface area contributed by atoms with Gasteiger partial charge in [0.25, 0.3) is 0 Å². The van der Waals surface area contributed by atoms with E-state index in [2.05, 4.69) is 20.8 Å². The SMILES string of the molecule is C[C@@H]1CC[C@@H](CC(=O)c2ccccc2)C1(C)C. The van der Waals surface area contributed by atoms with Crippen LogP contribution >= 0.6 is 0 Å². The summed E-state index contributed by atoms with van der Waals surface area (Å²) in [6, 6.07) is 9.69. The van der Waals surface area contributed by atoms with Crippen LogP contribution in [0.5, 0.6) is 0 Å². The van der Waals surface area contributed by atoms with Crippen LogP contribution in [-0.2, 0) is 0 Å². The van der Waals surface area contributed by atoms with Gasteiger partial charge in [-0.3, -0.25) is 4.79 Å². The van der Waals surface area contributed by atoms with E-state index in [1.165, 1.54) is 12.8 Å². The Balaban J connectivity index is 2.06. The van der Waals surface area contributed by atoms with Gasteiger partial charge in [-0.05, 0) is 30.1 Å². The molecule has 17 heavy (non-hydrogen) atoms. The zero-order valence-electron chi connectivity index (χ0n) is 11.1. The van der Waals surface area contributed by atoms with E-state index in [0.717, 1.165) is 11.5 Å². The molecule has 0 N–H and O–H groups in total. The molecule has 0 bridgehead atoms. The predicted molar refractivity (Wildman–Crippen MR) is 71.1 cm³/mol. The maximum atomic E-state index is 12.2. The fourth-order valence-electron chi connectivity index (χ4n) is 2.93. The van der Waals surface area contributed by atoms with Crippen LogP contribution in [0.25, 0.3) is 0 Å². The minimum Gasteiger partial charge on any atom is -0.294 e. The lowest BCUT2D eigenvalue weighted by Gasteiger charge is -2.30. The van der Waals surface area contributed by atoms with Crippen LogP contribution in [0.4, 0.5) is 0 Å². The summed E-state index contributed by atoms with van der Waals surface area (Å²) in [5.74, 6) is 1.58. The van der Waals surface area contributed by atoms with Gasteiger partial charge >= 0.3 is 0 Å². The second-order valence-corrected chi connectivity index (χ2v) is 5.99. The molecule has 1 aromatic rings. The van der Waals surface area contributed by atoms with E-state index in [4.69, 9.17) is 0 Å². The van der Waals surface area contributed by atoms with Gasteiger partial charge < -0.3 is 0 Å². The molecule has 1 aliphatic rings. The molecular formula is C16H22O. The van der Waals surface area contributed by atoms with Gasteiger partial charge in [0, 0.05) is 12.0 Å². The minimum atomic E-state index is 0.303. The Kier molecular flexibility index (Phi) is 3.37. The van der Waals surface area contributed by atoms with Gasteiger partial charge in [0.15, 0.2) is 5.78 Å². The highest BCUT2D eigenvalue weighted by Crippen LogP contribution is 2.48. The van der Waals surface area contributed by atoms with Crippen LogP contribution in [0, 0.1) is 17.3 Å². The zero-order chi connectivity index (χ0) is 12.5. The van der Waals surface area contributed by atoms with Crippen molar-refractivity contribution in [3.8, 4) is 0 Å². The highest BCUT2D eigenvalue weighted by molar-refractivity contribution is 5.96. The molecular weight excluding hydrogens is 208 g/mol. The van der Waals surface area contributed by atoms with E-state index in [0.29, 0.717) is 23.5 Å². The molecule has 2 rings (SSSR count). The van der Waals surface area contributed by atoms with Gasteiger partial charge in [0.05, 0.1) is 0 Å². The maximum Gasteiger partial charge on any atom is 0.163 e. The first-order valence-electron chi connectivity index (χ1n) is 6.60. The Morgan fingerprint density at radius 1 is 1.24 bits per heavy atom. The molecule has 1 heteroatoms. The van der Waals surface area contributed by atoms with E-state index in [1.807, 2.05) is 30.3 Å². The van der Waals surface area contributed by atoms with Crippen molar-refractivity contribution in [2.45, 2.75) is 40.0 Å². The van der Waals surface area contributed by atoms with Crippen molar-refractivity contribution < 1.29 is 4.79 Å². The van der Waals surface area contributed by atoms with Crippen molar-refractivity contribution in [3.63, 3.8) is 0 Å². The summed E-state index contributed by atoms with van der Waals surface area (Å²) in [5.41, 5.74) is 1.17. The topological polar surface area (TPSA) is 17.1 Å². The monoisotopic (exact) mass is 230 g/mol. The quantitative estimate of drug-likeness (QED) is 0.706. The van der Waals surface area contributed by atoms with E-state index in [-0.39, 0.29) is 0 Å². The number of Topliss-reactive ketones (excluding diaryl/α,β-unsaturated/α-hetero) is 1. The standard InChI is InChI=1S/C16H22O/c1-12-9-10-14(16(12,2)3)11-15(17)13-7-5-4-6-8-13/h4-8,12,14H,9-11H2,1-3H3/t12-,14+/m1/s1. The van der Waals surface area contributed by atoms with Crippen molar-refractivity contribution in [2.75, 3.05) is 0 Å². The lowest BCUT2D eigenvalue weighted by Crippen LogP contribution is -2.25. The first-order chi connectivity index (χ1) is 8.01. The van der Waals surface area contributed by atoms with Crippen molar-refractivity contribution in [2.24, 2.45) is 17.3 Å². The number of carbonyl (C=O) groups is 1. The first-order valence-corrected chi connectivity index (χ1v) is 6.60. The average molecular weight is 230 g/mol. The third kappa shape index (κ3) is 2.43. The second-order valence-electron chi connectivity index (χ2n) is 5.99. The van der Waals surface area contributed by atoms with Gasteiger partial charge in [-0.15, -0.1) is 0 Å². The number of carbonyl (C=O) groups excluding carboxylic acids is 1. The summed E-state index contributed by atoms with van der Waals surface area (Å²) < 4.78 is 0. The summed E-state index contributed by atoms with van der Waals surface area (Å²) in [6.07, 6.45) is 3.17. The molecule has 0 amide bonds. The number of ketones is 1. The molecule has 0 spiro atoms. The molecule has 0 radical (unpaired) electrons. The molecule has 0 heterocycles. The van der Waals surface area contributed by atoms with Crippen molar-refractivity contribution in [1.82, 2.24) is 0 Å². The molecule has 1 nitrogen and oxygen atoms in total. The normalized spacial score (nSPS) is 27.0. The molecule has 92 valence electrons. The Labute approximate surface area is 104 Å². The summed E-state index contributed by atoms with van der Waals surface area (Å²) in [6.45, 7) is 6.94. The Morgan fingerprint density at radius 3 is 2.41 bits per heavy atom. The van der Waals surface area contributed by atoms with Crippen LogP contribution in [0.3, 0.4) is 0 Å². The molecule has 1 aliphatic carbocycles. The maximum absolute atomic E-state index is 12.2. The lowest BCUT2D eigenvalue weighted by molar-refractivity contribution is 0.0909. The molecule has 1 fully saturated rings. The van der Waals surface area contributed by atoms with Crippen LogP contribution in [0.2, 0.25) is 0 Å². The highest BCUT2D eigenvalue weighted by Gasteiger charge is 2.40. The number of rotatable bonds is 3. The van der Waals surface area contributed by atoms with Gasteiger partial charge in [0.2, 0.25) is 0 Å². The molecule has 2 atom stereocenters. The van der Waals surface area contributed by atoms with E-state index >= 15 is 0 Å². The third-order valence-corrected chi connectivity index (χ3v) is 4.80. The van der Waals surface area contributed by atoms with Gasteiger partial charge in [-0.1, -0.05) is 51.1 Å². The van der Waals surface area contributed by atoms with E-state index < -0.39 is 0 Å². The van der Waals surface area contributed by atoms with E-state index in [9.17, 15) is 4.79 Å². The van der Waals surface area contributed by atoms with Gasteiger partial charge in [-0.25, -0.2) is 0 Å². The predicted octanol–water partition coefficient (Wildman–Crippen LogP) is 4.33. The van der Waals surface area contributed by atoms with Crippen molar-refractivity contribution in [1.29, 1.82) is 0 Å². The summed E-state index contributed by atoms with van der Waals surface area (Å²) in [4.78, 5) is 12.2. The van der Waals surface area contributed by atoms with Crippen LogP contribution in [0.15, 0.2) is 30.3 Å². The fraction of sp³-hybridized carbons (Fsp3) is 0.562. The third-order valence-electron chi connectivity index (χ3n) is 4.80.